The summed E-state index contributed by atoms with van der Waals surface area (Å²) in [5, 5.41) is 9.48. The fourth-order valence-electron chi connectivity index (χ4n) is 1.38. The standard InChI is InChI=1S/C12H9NO3/c13-5-1-2-8-3-4-10-9(6-8)7-11(16-10)12(14)15/h3-4,6-7H,5,13H2,(H,14,15). The van der Waals surface area contributed by atoms with Gasteiger partial charge in [-0.15, -0.1) is 0 Å². The number of carboxylic acid groups (broad SMARTS) is 1. The van der Waals surface area contributed by atoms with Crippen LogP contribution in [0.5, 0.6) is 0 Å². The van der Waals surface area contributed by atoms with E-state index in [1.165, 1.54) is 6.07 Å². The third-order valence-electron chi connectivity index (χ3n) is 2.06. The van der Waals surface area contributed by atoms with Crippen molar-refractivity contribution < 1.29 is 14.3 Å². The molecule has 0 radical (unpaired) electrons. The van der Waals surface area contributed by atoms with Crippen LogP contribution < -0.4 is 5.73 Å². The van der Waals surface area contributed by atoms with Gasteiger partial charge in [0.2, 0.25) is 5.76 Å². The summed E-state index contributed by atoms with van der Waals surface area (Å²) in [7, 11) is 0. The first kappa shape index (κ1) is 10.3. The van der Waals surface area contributed by atoms with E-state index in [2.05, 4.69) is 11.8 Å². The van der Waals surface area contributed by atoms with Gasteiger partial charge in [-0.25, -0.2) is 4.79 Å². The average molecular weight is 215 g/mol. The number of hydrogen-bond donors (Lipinski definition) is 2. The second kappa shape index (κ2) is 4.09. The Balaban J connectivity index is 2.49. The molecule has 0 amide bonds. The number of carbonyl (C=O) groups is 1. The lowest BCUT2D eigenvalue weighted by atomic mass is 10.1. The van der Waals surface area contributed by atoms with Gasteiger partial charge in [0.25, 0.3) is 0 Å². The predicted octanol–water partition coefficient (Wildman–Crippen LogP) is 1.44. The molecule has 2 rings (SSSR count). The summed E-state index contributed by atoms with van der Waals surface area (Å²) in [6, 6.07) is 6.71. The first-order chi connectivity index (χ1) is 7.70. The van der Waals surface area contributed by atoms with Crippen LogP contribution in [0, 0.1) is 11.8 Å². The molecule has 2 aromatic rings. The van der Waals surface area contributed by atoms with Crippen molar-refractivity contribution >= 4 is 16.9 Å². The number of carboxylic acids is 1. The average Bonchev–Trinajstić information content (AvgIpc) is 2.69. The van der Waals surface area contributed by atoms with E-state index in [-0.39, 0.29) is 5.76 Å². The van der Waals surface area contributed by atoms with Gasteiger partial charge in [-0.2, -0.15) is 0 Å². The Kier molecular flexibility index (Phi) is 2.63. The molecule has 0 saturated heterocycles. The lowest BCUT2D eigenvalue weighted by molar-refractivity contribution is 0.0665. The summed E-state index contributed by atoms with van der Waals surface area (Å²) in [6.07, 6.45) is 0. The summed E-state index contributed by atoms with van der Waals surface area (Å²) >= 11 is 0. The van der Waals surface area contributed by atoms with Gasteiger partial charge in [-0.3, -0.25) is 0 Å². The van der Waals surface area contributed by atoms with Crippen molar-refractivity contribution in [3.05, 3.63) is 35.6 Å². The molecule has 3 N–H and O–H groups in total. The Labute approximate surface area is 91.7 Å². The fourth-order valence-corrected chi connectivity index (χ4v) is 1.38. The highest BCUT2D eigenvalue weighted by atomic mass is 16.4. The van der Waals surface area contributed by atoms with Crippen LogP contribution in [0.15, 0.2) is 28.7 Å². The summed E-state index contributed by atoms with van der Waals surface area (Å²) in [5.41, 5.74) is 6.59. The minimum Gasteiger partial charge on any atom is -0.475 e. The van der Waals surface area contributed by atoms with E-state index in [0.29, 0.717) is 12.1 Å². The predicted molar refractivity (Wildman–Crippen MR) is 59.1 cm³/mol. The quantitative estimate of drug-likeness (QED) is 0.706. The van der Waals surface area contributed by atoms with Gasteiger partial charge in [0.1, 0.15) is 5.58 Å². The molecule has 4 heteroatoms. The lowest BCUT2D eigenvalue weighted by Crippen LogP contribution is -1.92. The molecular weight excluding hydrogens is 206 g/mol. The summed E-state index contributed by atoms with van der Waals surface area (Å²) in [6.45, 7) is 0.295. The van der Waals surface area contributed by atoms with E-state index < -0.39 is 5.97 Å². The molecular formula is C12H9NO3. The fraction of sp³-hybridized carbons (Fsp3) is 0.0833. The highest BCUT2D eigenvalue weighted by molar-refractivity contribution is 5.91. The van der Waals surface area contributed by atoms with Crippen LogP contribution in [0.3, 0.4) is 0 Å². The minimum atomic E-state index is -1.08. The second-order valence-corrected chi connectivity index (χ2v) is 3.17. The molecule has 0 unspecified atom stereocenters. The third kappa shape index (κ3) is 1.90. The monoisotopic (exact) mass is 215 g/mol. The van der Waals surface area contributed by atoms with Crippen molar-refractivity contribution in [3.63, 3.8) is 0 Å². The molecule has 1 heterocycles. The van der Waals surface area contributed by atoms with Gasteiger partial charge in [0, 0.05) is 10.9 Å². The number of benzene rings is 1. The van der Waals surface area contributed by atoms with Crippen LogP contribution in [0.1, 0.15) is 16.1 Å². The highest BCUT2D eigenvalue weighted by Crippen LogP contribution is 2.20. The Morgan fingerprint density at radius 3 is 2.94 bits per heavy atom. The van der Waals surface area contributed by atoms with Crippen LogP contribution in [0.2, 0.25) is 0 Å². The van der Waals surface area contributed by atoms with Gasteiger partial charge in [0.15, 0.2) is 0 Å². The maximum Gasteiger partial charge on any atom is 0.371 e. The van der Waals surface area contributed by atoms with Crippen molar-refractivity contribution in [1.29, 1.82) is 0 Å². The van der Waals surface area contributed by atoms with E-state index in [1.54, 1.807) is 18.2 Å². The molecule has 0 bridgehead atoms. The van der Waals surface area contributed by atoms with E-state index >= 15 is 0 Å². The van der Waals surface area contributed by atoms with E-state index in [9.17, 15) is 4.79 Å². The van der Waals surface area contributed by atoms with Crippen molar-refractivity contribution in [1.82, 2.24) is 0 Å². The van der Waals surface area contributed by atoms with Crippen LogP contribution in [-0.2, 0) is 0 Å². The molecule has 1 aromatic carbocycles. The number of rotatable bonds is 1. The normalized spacial score (nSPS) is 9.81. The molecule has 1 aromatic heterocycles. The molecule has 0 saturated carbocycles. The Morgan fingerprint density at radius 1 is 1.44 bits per heavy atom. The molecule has 0 aliphatic rings. The smallest absolute Gasteiger partial charge is 0.371 e. The second-order valence-electron chi connectivity index (χ2n) is 3.17. The molecule has 0 spiro atoms. The van der Waals surface area contributed by atoms with Gasteiger partial charge in [-0.05, 0) is 24.3 Å². The van der Waals surface area contributed by atoms with Crippen molar-refractivity contribution in [3.8, 4) is 11.8 Å². The molecule has 16 heavy (non-hydrogen) atoms. The van der Waals surface area contributed by atoms with Crippen molar-refractivity contribution in [2.45, 2.75) is 0 Å². The number of fused-ring (bicyclic) bond motifs is 1. The lowest BCUT2D eigenvalue weighted by Gasteiger charge is -1.89. The van der Waals surface area contributed by atoms with E-state index in [1.807, 2.05) is 0 Å². The van der Waals surface area contributed by atoms with Gasteiger partial charge in [0.05, 0.1) is 6.54 Å². The van der Waals surface area contributed by atoms with Crippen molar-refractivity contribution in [2.75, 3.05) is 6.54 Å². The third-order valence-corrected chi connectivity index (χ3v) is 2.06. The molecule has 80 valence electrons. The first-order valence-corrected chi connectivity index (χ1v) is 4.66. The summed E-state index contributed by atoms with van der Waals surface area (Å²) in [5.74, 6) is 4.45. The minimum absolute atomic E-state index is 0.0704. The largest absolute Gasteiger partial charge is 0.475 e. The maximum atomic E-state index is 10.7. The molecule has 0 atom stereocenters. The van der Waals surface area contributed by atoms with Gasteiger partial charge < -0.3 is 15.3 Å². The zero-order chi connectivity index (χ0) is 11.5. The molecule has 0 fully saturated rings. The van der Waals surface area contributed by atoms with E-state index in [0.717, 1.165) is 10.9 Å². The van der Waals surface area contributed by atoms with Crippen LogP contribution >= 0.6 is 0 Å². The maximum absolute atomic E-state index is 10.7. The number of aromatic carboxylic acids is 1. The summed E-state index contributed by atoms with van der Waals surface area (Å²) < 4.78 is 5.12. The number of furan rings is 1. The van der Waals surface area contributed by atoms with Crippen LogP contribution in [-0.4, -0.2) is 17.6 Å². The summed E-state index contributed by atoms with van der Waals surface area (Å²) in [4.78, 5) is 10.7. The Morgan fingerprint density at radius 2 is 2.25 bits per heavy atom. The molecule has 0 aliphatic heterocycles. The topological polar surface area (TPSA) is 76.5 Å². The van der Waals surface area contributed by atoms with E-state index in [4.69, 9.17) is 15.3 Å². The Bertz CT molecular complexity index is 601. The first-order valence-electron chi connectivity index (χ1n) is 4.66. The highest BCUT2D eigenvalue weighted by Gasteiger charge is 2.09. The number of hydrogen-bond acceptors (Lipinski definition) is 3. The number of nitrogens with two attached hydrogens (primary N) is 1. The van der Waals surface area contributed by atoms with Crippen LogP contribution in [0.25, 0.3) is 11.0 Å². The van der Waals surface area contributed by atoms with Crippen LogP contribution in [0.4, 0.5) is 0 Å². The zero-order valence-corrected chi connectivity index (χ0v) is 8.36. The Hall–Kier alpha value is -2.25. The zero-order valence-electron chi connectivity index (χ0n) is 8.36. The SMILES string of the molecule is NCC#Cc1ccc2oc(C(=O)O)cc2c1. The van der Waals surface area contributed by atoms with Gasteiger partial charge in [-0.1, -0.05) is 11.8 Å². The molecule has 0 aliphatic carbocycles. The van der Waals surface area contributed by atoms with Gasteiger partial charge >= 0.3 is 5.97 Å². The molecule has 4 nitrogen and oxygen atoms in total. The van der Waals surface area contributed by atoms with Crippen molar-refractivity contribution in [2.24, 2.45) is 5.73 Å².